The van der Waals surface area contributed by atoms with E-state index in [2.05, 4.69) is 0 Å². The highest BCUT2D eigenvalue weighted by Gasteiger charge is 2.42. The summed E-state index contributed by atoms with van der Waals surface area (Å²) in [5, 5.41) is 9.05. The molecule has 0 aromatic heterocycles. The van der Waals surface area contributed by atoms with Gasteiger partial charge in [-0.2, -0.15) is 0 Å². The molecular formula is C18H22N2O5. The summed E-state index contributed by atoms with van der Waals surface area (Å²) in [6.07, 6.45) is 1.75. The fraction of sp³-hybridized carbons (Fsp3) is 0.500. The van der Waals surface area contributed by atoms with Gasteiger partial charge in [0, 0.05) is 19.0 Å². The fourth-order valence-electron chi connectivity index (χ4n) is 3.27. The average molecular weight is 346 g/mol. The number of amides is 2. The standard InChI is InChI=1S/C18H22N2O5/c1-11-3-6-15(25-2)14(7-11)20-9-12(8-16(20)21)18(24)19(10-17(22)23)13-4-5-13/h3,6-7,12-13H,4-5,8-10H2,1-2H3,(H,22,23). The average Bonchev–Trinajstić information content (AvgIpc) is 3.33. The van der Waals surface area contributed by atoms with Gasteiger partial charge in [0.15, 0.2) is 0 Å². The predicted molar refractivity (Wildman–Crippen MR) is 90.6 cm³/mol. The van der Waals surface area contributed by atoms with Gasteiger partial charge >= 0.3 is 5.97 Å². The van der Waals surface area contributed by atoms with E-state index in [9.17, 15) is 14.4 Å². The Hall–Kier alpha value is -2.57. The maximum atomic E-state index is 12.8. The zero-order valence-electron chi connectivity index (χ0n) is 14.4. The second-order valence-electron chi connectivity index (χ2n) is 6.67. The first-order chi connectivity index (χ1) is 11.9. The summed E-state index contributed by atoms with van der Waals surface area (Å²) in [4.78, 5) is 39.3. The number of rotatable bonds is 6. The molecule has 2 aliphatic rings. The lowest BCUT2D eigenvalue weighted by Crippen LogP contribution is -2.42. The Balaban J connectivity index is 1.79. The van der Waals surface area contributed by atoms with Crippen LogP contribution in [0.3, 0.4) is 0 Å². The maximum absolute atomic E-state index is 12.8. The molecular weight excluding hydrogens is 324 g/mol. The van der Waals surface area contributed by atoms with E-state index in [0.29, 0.717) is 11.4 Å². The number of carbonyl (C=O) groups is 3. The van der Waals surface area contributed by atoms with Gasteiger partial charge < -0.3 is 19.6 Å². The van der Waals surface area contributed by atoms with Crippen molar-refractivity contribution in [3.8, 4) is 5.75 Å². The minimum atomic E-state index is -1.03. The van der Waals surface area contributed by atoms with E-state index in [1.54, 1.807) is 18.1 Å². The highest BCUT2D eigenvalue weighted by Crippen LogP contribution is 2.35. The van der Waals surface area contributed by atoms with Crippen LogP contribution in [0.25, 0.3) is 0 Å². The van der Waals surface area contributed by atoms with Crippen molar-refractivity contribution < 1.29 is 24.2 Å². The molecule has 7 heteroatoms. The Labute approximate surface area is 146 Å². The van der Waals surface area contributed by atoms with Crippen molar-refractivity contribution in [2.24, 2.45) is 5.92 Å². The minimum Gasteiger partial charge on any atom is -0.495 e. The zero-order valence-corrected chi connectivity index (χ0v) is 14.4. The van der Waals surface area contributed by atoms with E-state index < -0.39 is 11.9 Å². The van der Waals surface area contributed by atoms with Crippen LogP contribution >= 0.6 is 0 Å². The van der Waals surface area contributed by atoms with Crippen LogP contribution in [0.2, 0.25) is 0 Å². The first kappa shape index (κ1) is 17.3. The van der Waals surface area contributed by atoms with Crippen molar-refractivity contribution in [2.45, 2.75) is 32.2 Å². The lowest BCUT2D eigenvalue weighted by molar-refractivity contribution is -0.146. The number of carboxylic acids is 1. The number of hydrogen-bond acceptors (Lipinski definition) is 4. The van der Waals surface area contributed by atoms with E-state index >= 15 is 0 Å². The van der Waals surface area contributed by atoms with Gasteiger partial charge in [-0.05, 0) is 37.5 Å². The number of carboxylic acid groups (broad SMARTS) is 1. The molecule has 1 N–H and O–H groups in total. The van der Waals surface area contributed by atoms with Crippen LogP contribution in [-0.2, 0) is 14.4 Å². The van der Waals surface area contributed by atoms with Gasteiger partial charge in [-0.15, -0.1) is 0 Å². The van der Waals surface area contributed by atoms with E-state index in [4.69, 9.17) is 9.84 Å². The monoisotopic (exact) mass is 346 g/mol. The molecule has 0 bridgehead atoms. The van der Waals surface area contributed by atoms with Crippen LogP contribution in [-0.4, -0.2) is 54.0 Å². The smallest absolute Gasteiger partial charge is 0.323 e. The largest absolute Gasteiger partial charge is 0.495 e. The van der Waals surface area contributed by atoms with Crippen LogP contribution < -0.4 is 9.64 Å². The number of aryl methyl sites for hydroxylation is 1. The predicted octanol–water partition coefficient (Wildman–Crippen LogP) is 1.43. The Morgan fingerprint density at radius 3 is 2.68 bits per heavy atom. The van der Waals surface area contributed by atoms with Crippen LogP contribution in [0.4, 0.5) is 5.69 Å². The first-order valence-corrected chi connectivity index (χ1v) is 8.38. The molecule has 2 fully saturated rings. The highest BCUT2D eigenvalue weighted by atomic mass is 16.5. The number of aliphatic carboxylic acids is 1. The number of nitrogens with zero attached hydrogens (tertiary/aromatic N) is 2. The number of carbonyl (C=O) groups excluding carboxylic acids is 2. The molecule has 134 valence electrons. The molecule has 7 nitrogen and oxygen atoms in total. The van der Waals surface area contributed by atoms with Crippen LogP contribution in [0.15, 0.2) is 18.2 Å². The van der Waals surface area contributed by atoms with Gasteiger partial charge in [0.25, 0.3) is 0 Å². The van der Waals surface area contributed by atoms with E-state index in [0.717, 1.165) is 18.4 Å². The molecule has 1 heterocycles. The van der Waals surface area contributed by atoms with Gasteiger partial charge in [0.05, 0.1) is 18.7 Å². The highest BCUT2D eigenvalue weighted by molar-refractivity contribution is 6.01. The van der Waals surface area contributed by atoms with Gasteiger partial charge in [-0.25, -0.2) is 0 Å². The van der Waals surface area contributed by atoms with Crippen LogP contribution in [0.5, 0.6) is 5.75 Å². The second-order valence-corrected chi connectivity index (χ2v) is 6.67. The molecule has 3 rings (SSSR count). The molecule has 1 aromatic rings. The first-order valence-electron chi connectivity index (χ1n) is 8.38. The number of methoxy groups -OCH3 is 1. The molecule has 1 aliphatic carbocycles. The van der Waals surface area contributed by atoms with E-state index in [-0.39, 0.29) is 37.4 Å². The van der Waals surface area contributed by atoms with Crippen LogP contribution in [0, 0.1) is 12.8 Å². The Morgan fingerprint density at radius 1 is 1.36 bits per heavy atom. The Kier molecular flexibility index (Phi) is 4.65. The summed E-state index contributed by atoms with van der Waals surface area (Å²) in [6, 6.07) is 5.56. The summed E-state index contributed by atoms with van der Waals surface area (Å²) >= 11 is 0. The van der Waals surface area contributed by atoms with Gasteiger partial charge in [-0.1, -0.05) is 6.07 Å². The summed E-state index contributed by atoms with van der Waals surface area (Å²) in [7, 11) is 1.54. The van der Waals surface area contributed by atoms with Crippen molar-refractivity contribution in [3.05, 3.63) is 23.8 Å². The Morgan fingerprint density at radius 2 is 2.08 bits per heavy atom. The summed E-state index contributed by atoms with van der Waals surface area (Å²) in [5.41, 5.74) is 1.64. The normalized spacial score (nSPS) is 19.8. The minimum absolute atomic E-state index is 0.00116. The number of ether oxygens (including phenoxy) is 1. The summed E-state index contributed by atoms with van der Waals surface area (Å²) in [5.74, 6) is -1.35. The zero-order chi connectivity index (χ0) is 18.1. The number of anilines is 1. The molecule has 1 aromatic carbocycles. The van der Waals surface area contributed by atoms with Crippen molar-refractivity contribution >= 4 is 23.5 Å². The molecule has 0 spiro atoms. The van der Waals surface area contributed by atoms with Crippen molar-refractivity contribution in [2.75, 3.05) is 25.1 Å². The third kappa shape index (κ3) is 3.60. The van der Waals surface area contributed by atoms with Crippen molar-refractivity contribution in [3.63, 3.8) is 0 Å². The fourth-order valence-corrected chi connectivity index (χ4v) is 3.27. The van der Waals surface area contributed by atoms with E-state index in [1.165, 1.54) is 4.90 Å². The van der Waals surface area contributed by atoms with Gasteiger partial charge in [-0.3, -0.25) is 14.4 Å². The van der Waals surface area contributed by atoms with Crippen molar-refractivity contribution in [1.29, 1.82) is 0 Å². The molecule has 1 saturated carbocycles. The van der Waals surface area contributed by atoms with E-state index in [1.807, 2.05) is 19.1 Å². The van der Waals surface area contributed by atoms with Gasteiger partial charge in [0.2, 0.25) is 11.8 Å². The summed E-state index contributed by atoms with van der Waals surface area (Å²) in [6.45, 7) is 1.87. The van der Waals surface area contributed by atoms with Crippen molar-refractivity contribution in [1.82, 2.24) is 4.90 Å². The third-order valence-electron chi connectivity index (χ3n) is 4.68. The molecule has 25 heavy (non-hydrogen) atoms. The number of benzene rings is 1. The third-order valence-corrected chi connectivity index (χ3v) is 4.68. The van der Waals surface area contributed by atoms with Gasteiger partial charge in [0.1, 0.15) is 12.3 Å². The quantitative estimate of drug-likeness (QED) is 0.842. The topological polar surface area (TPSA) is 87.2 Å². The lowest BCUT2D eigenvalue weighted by atomic mass is 10.1. The maximum Gasteiger partial charge on any atom is 0.323 e. The Bertz CT molecular complexity index is 713. The summed E-state index contributed by atoms with van der Waals surface area (Å²) < 4.78 is 5.34. The second kappa shape index (κ2) is 6.74. The molecule has 1 unspecified atom stereocenters. The SMILES string of the molecule is COc1ccc(C)cc1N1CC(C(=O)N(CC(=O)O)C2CC2)CC1=O. The van der Waals surface area contributed by atoms with Crippen LogP contribution in [0.1, 0.15) is 24.8 Å². The molecule has 1 atom stereocenters. The number of hydrogen-bond donors (Lipinski definition) is 1. The lowest BCUT2D eigenvalue weighted by Gasteiger charge is -2.24. The molecule has 1 saturated heterocycles. The molecule has 1 aliphatic heterocycles. The molecule has 0 radical (unpaired) electrons. The molecule has 2 amide bonds.